The van der Waals surface area contributed by atoms with Crippen LogP contribution >= 0.6 is 0 Å². The Balaban J connectivity index is 1.62. The van der Waals surface area contributed by atoms with Gasteiger partial charge in [0.15, 0.2) is 0 Å². The molecule has 0 saturated carbocycles. The summed E-state index contributed by atoms with van der Waals surface area (Å²) in [6.07, 6.45) is 0.882. The predicted octanol–water partition coefficient (Wildman–Crippen LogP) is 2.91. The van der Waals surface area contributed by atoms with Crippen molar-refractivity contribution in [3.05, 3.63) is 35.5 Å². The number of ether oxygens (including phenoxy) is 1. The number of hydrogen-bond donors (Lipinski definition) is 2. The number of aromatic nitrogens is 1. The normalized spacial score (nSPS) is 21.6. The minimum absolute atomic E-state index is 0.179. The van der Waals surface area contributed by atoms with E-state index in [1.165, 1.54) is 9.80 Å². The smallest absolute Gasteiger partial charge is 0.410 e. The summed E-state index contributed by atoms with van der Waals surface area (Å²) in [6, 6.07) is 6.07. The largest absolute Gasteiger partial charge is 0.480 e. The van der Waals surface area contributed by atoms with Gasteiger partial charge in [0, 0.05) is 29.6 Å². The van der Waals surface area contributed by atoms with Gasteiger partial charge in [0.25, 0.3) is 0 Å². The number of nitrogens with zero attached hydrogens (tertiary/aromatic N) is 2. The maximum atomic E-state index is 13.4. The first-order valence-electron chi connectivity index (χ1n) is 10.3. The number of rotatable bonds is 2. The topological polar surface area (TPSA) is 103 Å². The van der Waals surface area contributed by atoms with Gasteiger partial charge in [-0.3, -0.25) is 9.69 Å². The molecule has 0 aliphatic carbocycles. The second kappa shape index (κ2) is 7.34. The Hall–Kier alpha value is -3.03. The number of amides is 2. The van der Waals surface area contributed by atoms with Crippen LogP contribution in [0.5, 0.6) is 0 Å². The summed E-state index contributed by atoms with van der Waals surface area (Å²) in [6.45, 7) is 5.94. The lowest BCUT2D eigenvalue weighted by atomic mass is 9.95. The summed E-state index contributed by atoms with van der Waals surface area (Å²) >= 11 is 0. The monoisotopic (exact) mass is 413 g/mol. The van der Waals surface area contributed by atoms with Crippen LogP contribution in [0.25, 0.3) is 10.9 Å². The van der Waals surface area contributed by atoms with E-state index in [1.54, 1.807) is 20.8 Å². The highest BCUT2D eigenvalue weighted by Crippen LogP contribution is 2.32. The van der Waals surface area contributed by atoms with Crippen molar-refractivity contribution < 1.29 is 24.2 Å². The number of hydrogen-bond acceptors (Lipinski definition) is 4. The van der Waals surface area contributed by atoms with Crippen LogP contribution in [-0.2, 0) is 27.3 Å². The summed E-state index contributed by atoms with van der Waals surface area (Å²) in [5.74, 6) is -1.38. The second-order valence-corrected chi connectivity index (χ2v) is 8.98. The lowest BCUT2D eigenvalue weighted by molar-refractivity contribution is -0.153. The van der Waals surface area contributed by atoms with Crippen molar-refractivity contribution >= 4 is 28.9 Å². The zero-order valence-corrected chi connectivity index (χ0v) is 17.5. The Morgan fingerprint density at radius 2 is 1.87 bits per heavy atom. The van der Waals surface area contributed by atoms with Gasteiger partial charge in [0.05, 0.1) is 6.54 Å². The molecular weight excluding hydrogens is 386 g/mol. The van der Waals surface area contributed by atoms with Crippen molar-refractivity contribution in [1.29, 1.82) is 0 Å². The van der Waals surface area contributed by atoms with Gasteiger partial charge in [0.1, 0.15) is 17.7 Å². The average molecular weight is 413 g/mol. The lowest BCUT2D eigenvalue weighted by Gasteiger charge is -2.37. The average Bonchev–Trinajstić information content (AvgIpc) is 3.29. The number of carbonyl (C=O) groups excluding carboxylic acids is 2. The first kappa shape index (κ1) is 20.3. The minimum atomic E-state index is -1.04. The molecule has 1 aromatic heterocycles. The number of likely N-dealkylation sites (tertiary alicyclic amines) is 1. The molecule has 0 spiro atoms. The SMILES string of the molecule is CC(C)(C)OC(=O)N1CCC[C@H]1C(=O)N1Cc2[nH]c3ccccc3c2C[C@H]1C(=O)O. The number of H-pyrrole nitrogens is 1. The van der Waals surface area contributed by atoms with Crippen LogP contribution in [-0.4, -0.2) is 62.1 Å². The van der Waals surface area contributed by atoms with Crippen LogP contribution in [0, 0.1) is 0 Å². The zero-order valence-electron chi connectivity index (χ0n) is 17.5. The van der Waals surface area contributed by atoms with E-state index in [1.807, 2.05) is 24.3 Å². The van der Waals surface area contributed by atoms with Crippen LogP contribution in [0.4, 0.5) is 4.79 Å². The second-order valence-electron chi connectivity index (χ2n) is 8.98. The standard InChI is InChI=1S/C22H27N3O5/c1-22(2,3)30-21(29)24-10-6-9-17(24)19(26)25-12-16-14(11-18(25)20(27)28)13-7-4-5-8-15(13)23-16/h4-5,7-8,17-18,23H,6,9-12H2,1-3H3,(H,27,28)/t17-,18-/m0/s1. The summed E-state index contributed by atoms with van der Waals surface area (Å²) in [7, 11) is 0. The van der Waals surface area contributed by atoms with Crippen molar-refractivity contribution in [1.82, 2.24) is 14.8 Å². The lowest BCUT2D eigenvalue weighted by Crippen LogP contribution is -2.55. The molecule has 160 valence electrons. The van der Waals surface area contributed by atoms with Gasteiger partial charge in [0.2, 0.25) is 5.91 Å². The van der Waals surface area contributed by atoms with Gasteiger partial charge >= 0.3 is 12.1 Å². The Kier molecular flexibility index (Phi) is 4.95. The van der Waals surface area contributed by atoms with Gasteiger partial charge in [-0.1, -0.05) is 18.2 Å². The highest BCUT2D eigenvalue weighted by Gasteiger charge is 2.43. The Labute approximate surface area is 174 Å². The number of fused-ring (bicyclic) bond motifs is 3. The van der Waals surface area contributed by atoms with Gasteiger partial charge in [-0.2, -0.15) is 0 Å². The third-order valence-electron chi connectivity index (χ3n) is 5.74. The molecule has 2 amide bonds. The highest BCUT2D eigenvalue weighted by molar-refractivity contribution is 5.92. The Morgan fingerprint density at radius 3 is 2.57 bits per heavy atom. The fourth-order valence-electron chi connectivity index (χ4n) is 4.41. The third-order valence-corrected chi connectivity index (χ3v) is 5.74. The van der Waals surface area contributed by atoms with Crippen LogP contribution in [0.3, 0.4) is 0 Å². The number of nitrogens with one attached hydrogen (secondary N) is 1. The molecule has 8 nitrogen and oxygen atoms in total. The molecule has 2 aliphatic heterocycles. The Morgan fingerprint density at radius 1 is 1.13 bits per heavy atom. The number of carbonyl (C=O) groups is 3. The molecule has 4 rings (SSSR count). The van der Waals surface area contributed by atoms with E-state index in [2.05, 4.69) is 4.98 Å². The first-order chi connectivity index (χ1) is 14.2. The molecule has 3 heterocycles. The predicted molar refractivity (Wildman–Crippen MR) is 110 cm³/mol. The van der Waals surface area contributed by atoms with Crippen molar-refractivity contribution in [3.63, 3.8) is 0 Å². The molecular formula is C22H27N3O5. The van der Waals surface area contributed by atoms with Crippen molar-refractivity contribution in [2.45, 2.75) is 64.3 Å². The minimum Gasteiger partial charge on any atom is -0.480 e. The molecule has 8 heteroatoms. The van der Waals surface area contributed by atoms with Crippen LogP contribution < -0.4 is 0 Å². The van der Waals surface area contributed by atoms with Crippen LogP contribution in [0.2, 0.25) is 0 Å². The van der Waals surface area contributed by atoms with E-state index in [0.717, 1.165) is 22.2 Å². The summed E-state index contributed by atoms with van der Waals surface area (Å²) < 4.78 is 5.45. The number of aromatic amines is 1. The van der Waals surface area contributed by atoms with Crippen molar-refractivity contribution in [2.24, 2.45) is 0 Å². The van der Waals surface area contributed by atoms with E-state index in [4.69, 9.17) is 4.74 Å². The van der Waals surface area contributed by atoms with Crippen LogP contribution in [0.1, 0.15) is 44.9 Å². The number of benzene rings is 1. The fraction of sp³-hybridized carbons (Fsp3) is 0.500. The van der Waals surface area contributed by atoms with E-state index >= 15 is 0 Å². The van der Waals surface area contributed by atoms with Crippen LogP contribution in [0.15, 0.2) is 24.3 Å². The fourth-order valence-corrected chi connectivity index (χ4v) is 4.41. The van der Waals surface area contributed by atoms with E-state index in [9.17, 15) is 19.5 Å². The van der Waals surface area contributed by atoms with E-state index < -0.39 is 29.7 Å². The zero-order chi connectivity index (χ0) is 21.6. The van der Waals surface area contributed by atoms with E-state index in [0.29, 0.717) is 19.4 Å². The third kappa shape index (κ3) is 3.62. The molecule has 1 fully saturated rings. The molecule has 2 atom stereocenters. The van der Waals surface area contributed by atoms with Gasteiger partial charge in [-0.05, 0) is 45.2 Å². The summed E-state index contributed by atoms with van der Waals surface area (Å²) in [5.41, 5.74) is 2.06. The molecule has 2 aliphatic rings. The summed E-state index contributed by atoms with van der Waals surface area (Å²) in [5, 5.41) is 10.8. The summed E-state index contributed by atoms with van der Waals surface area (Å²) in [4.78, 5) is 44.2. The maximum absolute atomic E-state index is 13.4. The number of aliphatic carboxylic acids is 1. The van der Waals surface area contributed by atoms with E-state index in [-0.39, 0.29) is 18.9 Å². The van der Waals surface area contributed by atoms with Crippen molar-refractivity contribution in [3.8, 4) is 0 Å². The number of para-hydroxylation sites is 1. The molecule has 1 saturated heterocycles. The number of carboxylic acids is 1. The van der Waals surface area contributed by atoms with Gasteiger partial charge in [-0.15, -0.1) is 0 Å². The van der Waals surface area contributed by atoms with Crippen molar-refractivity contribution in [2.75, 3.05) is 6.54 Å². The molecule has 0 bridgehead atoms. The van der Waals surface area contributed by atoms with Gasteiger partial charge < -0.3 is 19.7 Å². The quantitative estimate of drug-likeness (QED) is 0.788. The highest BCUT2D eigenvalue weighted by atomic mass is 16.6. The molecule has 1 aromatic carbocycles. The van der Waals surface area contributed by atoms with Gasteiger partial charge in [-0.25, -0.2) is 9.59 Å². The maximum Gasteiger partial charge on any atom is 0.410 e. The molecule has 30 heavy (non-hydrogen) atoms. The molecule has 2 N–H and O–H groups in total. The first-order valence-corrected chi connectivity index (χ1v) is 10.3. The molecule has 0 radical (unpaired) electrons. The Bertz CT molecular complexity index is 1010. The molecule has 0 unspecified atom stereocenters. The number of carboxylic acid groups (broad SMARTS) is 1. The molecule has 2 aromatic rings.